The molecule has 10 heteroatoms. The maximum atomic E-state index is 12.8. The average Bonchev–Trinajstić information content (AvgIpc) is 3.64. The molecule has 0 radical (unpaired) electrons. The smallest absolute Gasteiger partial charge is 0.255 e. The lowest BCUT2D eigenvalue weighted by Gasteiger charge is -2.15. The summed E-state index contributed by atoms with van der Waals surface area (Å²) in [5.41, 5.74) is 3.27. The Morgan fingerprint density at radius 3 is 2.44 bits per heavy atom. The molecule has 0 aliphatic rings. The van der Waals surface area contributed by atoms with Gasteiger partial charge in [-0.2, -0.15) is 10.2 Å². The highest BCUT2D eigenvalue weighted by Crippen LogP contribution is 2.28. The number of rotatable bonds is 11. The third-order valence-corrected chi connectivity index (χ3v) is 5.95. The largest absolute Gasteiger partial charge is 0.438 e. The highest BCUT2D eigenvalue weighted by atomic mass is 16.4. The van der Waals surface area contributed by atoms with Crippen LogP contribution in [0, 0.1) is 0 Å². The predicted octanol–water partition coefficient (Wildman–Crippen LogP) is 3.64. The van der Waals surface area contributed by atoms with Crippen LogP contribution in [-0.4, -0.2) is 43.4 Å². The van der Waals surface area contributed by atoms with E-state index in [1.165, 1.54) is 6.20 Å². The van der Waals surface area contributed by atoms with Crippen molar-refractivity contribution in [1.29, 1.82) is 0 Å². The Morgan fingerprint density at radius 1 is 1.00 bits per heavy atom. The molecule has 1 atom stereocenters. The van der Waals surface area contributed by atoms with E-state index >= 15 is 0 Å². The van der Waals surface area contributed by atoms with Gasteiger partial charge in [-0.15, -0.1) is 0 Å². The van der Waals surface area contributed by atoms with E-state index in [2.05, 4.69) is 25.8 Å². The summed E-state index contributed by atoms with van der Waals surface area (Å²) < 4.78 is 9.46. The molecule has 2 N–H and O–H groups in total. The number of unbranched alkanes of at least 4 members (excludes halogenated alkanes) is 2. The molecular formula is C26H31N7O3. The second-order valence-corrected chi connectivity index (χ2v) is 8.72. The van der Waals surface area contributed by atoms with Gasteiger partial charge >= 0.3 is 0 Å². The average molecular weight is 490 g/mol. The van der Waals surface area contributed by atoms with E-state index in [4.69, 9.17) is 4.42 Å². The summed E-state index contributed by atoms with van der Waals surface area (Å²) in [6, 6.07) is 9.49. The molecule has 3 aromatic heterocycles. The fourth-order valence-electron chi connectivity index (χ4n) is 3.93. The standard InChI is InChI=1S/C26H31N7O3/c1-27-24(34)8-6-4-5-7-22(30-25(35)20-15-29-33(3)17-20)26-28-16-23(36-26)19-11-9-18(10-12-19)21-13-14-32(2)31-21/h9-17,22H,4-8H2,1-3H3,(H,27,34)(H,30,35)/t22-/m1/s1. The SMILES string of the molecule is CNC(=O)CCCCC[C@@H](NC(=O)c1cnn(C)c1)c1ncc(-c2ccc(-c3ccn(C)n3)cc2)o1. The number of oxazole rings is 1. The van der Waals surface area contributed by atoms with Crippen molar-refractivity contribution >= 4 is 11.8 Å². The van der Waals surface area contributed by atoms with E-state index in [1.807, 2.05) is 43.6 Å². The van der Waals surface area contributed by atoms with Gasteiger partial charge in [0, 0.05) is 51.1 Å². The van der Waals surface area contributed by atoms with Crippen LogP contribution in [0.1, 0.15) is 54.4 Å². The monoisotopic (exact) mass is 489 g/mol. The Labute approximate surface area is 209 Å². The summed E-state index contributed by atoms with van der Waals surface area (Å²) in [5.74, 6) is 0.862. The Hall–Kier alpha value is -4.21. The van der Waals surface area contributed by atoms with Crippen molar-refractivity contribution in [1.82, 2.24) is 35.2 Å². The van der Waals surface area contributed by atoms with Crippen LogP contribution in [0.15, 0.2) is 59.5 Å². The lowest BCUT2D eigenvalue weighted by molar-refractivity contribution is -0.120. The molecule has 188 valence electrons. The molecule has 2 amide bonds. The number of benzene rings is 1. The number of carbonyl (C=O) groups excluding carboxylic acids is 2. The molecule has 0 fully saturated rings. The number of carbonyl (C=O) groups is 2. The molecule has 0 saturated heterocycles. The van der Waals surface area contributed by atoms with Crippen LogP contribution in [0.3, 0.4) is 0 Å². The Morgan fingerprint density at radius 2 is 1.78 bits per heavy atom. The van der Waals surface area contributed by atoms with Crippen molar-refractivity contribution in [2.75, 3.05) is 7.05 Å². The van der Waals surface area contributed by atoms with Crippen LogP contribution in [0.4, 0.5) is 0 Å². The van der Waals surface area contributed by atoms with Gasteiger partial charge in [0.2, 0.25) is 11.8 Å². The van der Waals surface area contributed by atoms with E-state index in [0.717, 1.165) is 36.1 Å². The molecule has 10 nitrogen and oxygen atoms in total. The van der Waals surface area contributed by atoms with Crippen molar-refractivity contribution in [3.05, 3.63) is 66.6 Å². The van der Waals surface area contributed by atoms with E-state index in [1.54, 1.807) is 35.9 Å². The first-order chi connectivity index (χ1) is 17.4. The Kier molecular flexibility index (Phi) is 7.94. The fourth-order valence-corrected chi connectivity index (χ4v) is 3.93. The number of aromatic nitrogens is 5. The van der Waals surface area contributed by atoms with Crippen molar-refractivity contribution < 1.29 is 14.0 Å². The quantitative estimate of drug-likeness (QED) is 0.310. The molecule has 0 aliphatic carbocycles. The lowest BCUT2D eigenvalue weighted by atomic mass is 10.1. The third kappa shape index (κ3) is 6.26. The van der Waals surface area contributed by atoms with Gasteiger partial charge in [-0.3, -0.25) is 19.0 Å². The number of amides is 2. The van der Waals surface area contributed by atoms with Crippen LogP contribution in [0.2, 0.25) is 0 Å². The second kappa shape index (κ2) is 11.5. The number of nitrogens with one attached hydrogen (secondary N) is 2. The van der Waals surface area contributed by atoms with Gasteiger partial charge in [-0.1, -0.05) is 37.1 Å². The van der Waals surface area contributed by atoms with Crippen molar-refractivity contribution in [3.8, 4) is 22.6 Å². The summed E-state index contributed by atoms with van der Waals surface area (Å²) >= 11 is 0. The van der Waals surface area contributed by atoms with Gasteiger partial charge in [0.25, 0.3) is 5.91 Å². The molecule has 0 spiro atoms. The number of aryl methyl sites for hydroxylation is 2. The summed E-state index contributed by atoms with van der Waals surface area (Å²) in [7, 11) is 5.29. The fraction of sp³-hybridized carbons (Fsp3) is 0.346. The first kappa shape index (κ1) is 24.9. The molecule has 0 aliphatic heterocycles. The maximum absolute atomic E-state index is 12.8. The van der Waals surface area contributed by atoms with Crippen LogP contribution < -0.4 is 10.6 Å². The van der Waals surface area contributed by atoms with E-state index < -0.39 is 6.04 Å². The van der Waals surface area contributed by atoms with Crippen LogP contribution in [0.5, 0.6) is 0 Å². The first-order valence-corrected chi connectivity index (χ1v) is 12.0. The Bertz CT molecular complexity index is 1300. The van der Waals surface area contributed by atoms with Gasteiger partial charge in [0.1, 0.15) is 6.04 Å². The molecule has 0 bridgehead atoms. The molecule has 4 aromatic rings. The Balaban J connectivity index is 1.46. The predicted molar refractivity (Wildman–Crippen MR) is 135 cm³/mol. The van der Waals surface area contributed by atoms with Crippen molar-refractivity contribution in [2.45, 2.75) is 38.1 Å². The minimum atomic E-state index is -0.403. The molecular weight excluding hydrogens is 458 g/mol. The number of hydrogen-bond donors (Lipinski definition) is 2. The molecule has 0 unspecified atom stereocenters. The van der Waals surface area contributed by atoms with E-state index in [-0.39, 0.29) is 11.8 Å². The van der Waals surface area contributed by atoms with Gasteiger partial charge in [-0.05, 0) is 18.9 Å². The van der Waals surface area contributed by atoms with Crippen molar-refractivity contribution in [3.63, 3.8) is 0 Å². The minimum Gasteiger partial charge on any atom is -0.438 e. The van der Waals surface area contributed by atoms with Gasteiger partial charge in [-0.25, -0.2) is 4.98 Å². The summed E-state index contributed by atoms with van der Waals surface area (Å²) in [6.45, 7) is 0. The summed E-state index contributed by atoms with van der Waals surface area (Å²) in [4.78, 5) is 28.8. The first-order valence-electron chi connectivity index (χ1n) is 12.0. The molecule has 3 heterocycles. The van der Waals surface area contributed by atoms with Crippen LogP contribution >= 0.6 is 0 Å². The zero-order chi connectivity index (χ0) is 25.5. The second-order valence-electron chi connectivity index (χ2n) is 8.72. The topological polar surface area (TPSA) is 120 Å². The number of hydrogen-bond acceptors (Lipinski definition) is 6. The molecule has 36 heavy (non-hydrogen) atoms. The van der Waals surface area contributed by atoms with Gasteiger partial charge in [0.15, 0.2) is 5.76 Å². The molecule has 4 rings (SSSR count). The minimum absolute atomic E-state index is 0.0304. The molecule has 1 aromatic carbocycles. The summed E-state index contributed by atoms with van der Waals surface area (Å²) in [5, 5.41) is 14.2. The zero-order valence-corrected chi connectivity index (χ0v) is 20.8. The highest BCUT2D eigenvalue weighted by molar-refractivity contribution is 5.93. The van der Waals surface area contributed by atoms with Gasteiger partial charge in [0.05, 0.1) is 23.7 Å². The maximum Gasteiger partial charge on any atom is 0.255 e. The van der Waals surface area contributed by atoms with Crippen molar-refractivity contribution in [2.24, 2.45) is 14.1 Å². The van der Waals surface area contributed by atoms with E-state index in [0.29, 0.717) is 30.1 Å². The van der Waals surface area contributed by atoms with Crippen LogP contribution in [0.25, 0.3) is 22.6 Å². The van der Waals surface area contributed by atoms with Gasteiger partial charge < -0.3 is 15.1 Å². The summed E-state index contributed by atoms with van der Waals surface area (Å²) in [6.07, 6.45) is 10.4. The normalized spacial score (nSPS) is 11.9. The van der Waals surface area contributed by atoms with Crippen LogP contribution in [-0.2, 0) is 18.9 Å². The van der Waals surface area contributed by atoms with E-state index in [9.17, 15) is 9.59 Å². The zero-order valence-electron chi connectivity index (χ0n) is 20.8. The lowest BCUT2D eigenvalue weighted by Crippen LogP contribution is -2.28. The highest BCUT2D eigenvalue weighted by Gasteiger charge is 2.22. The number of nitrogens with zero attached hydrogens (tertiary/aromatic N) is 5. The third-order valence-electron chi connectivity index (χ3n) is 5.95. The molecule has 0 saturated carbocycles.